The first-order chi connectivity index (χ1) is 14.7. The van der Waals surface area contributed by atoms with Gasteiger partial charge in [-0.3, -0.25) is 4.79 Å². The SMILES string of the molecule is Cc1ccc(C(C)C)c(OCc2nnc(SCC(=O)Nc3cc(Cl)ccc3C)n2C)c1. The van der Waals surface area contributed by atoms with Crippen molar-refractivity contribution in [2.24, 2.45) is 7.05 Å². The Labute approximate surface area is 192 Å². The van der Waals surface area contributed by atoms with Crippen LogP contribution in [-0.2, 0) is 18.4 Å². The van der Waals surface area contributed by atoms with Crippen molar-refractivity contribution in [2.75, 3.05) is 11.1 Å². The molecule has 6 nitrogen and oxygen atoms in total. The van der Waals surface area contributed by atoms with Crippen molar-refractivity contribution >= 4 is 35.0 Å². The van der Waals surface area contributed by atoms with Crippen molar-refractivity contribution in [1.82, 2.24) is 14.8 Å². The third kappa shape index (κ3) is 6.02. The number of carbonyl (C=O) groups excluding carboxylic acids is 1. The van der Waals surface area contributed by atoms with E-state index in [1.54, 1.807) is 12.1 Å². The summed E-state index contributed by atoms with van der Waals surface area (Å²) in [4.78, 5) is 12.4. The Morgan fingerprint density at radius 2 is 1.97 bits per heavy atom. The minimum atomic E-state index is -0.127. The van der Waals surface area contributed by atoms with E-state index >= 15 is 0 Å². The summed E-state index contributed by atoms with van der Waals surface area (Å²) in [6.45, 7) is 8.56. The van der Waals surface area contributed by atoms with Crippen LogP contribution in [0.1, 0.15) is 42.3 Å². The fourth-order valence-corrected chi connectivity index (χ4v) is 3.93. The van der Waals surface area contributed by atoms with E-state index in [-0.39, 0.29) is 11.7 Å². The van der Waals surface area contributed by atoms with Crippen molar-refractivity contribution in [3.63, 3.8) is 0 Å². The zero-order valence-corrected chi connectivity index (χ0v) is 20.0. The zero-order chi connectivity index (χ0) is 22.5. The lowest BCUT2D eigenvalue weighted by molar-refractivity contribution is -0.113. The van der Waals surface area contributed by atoms with Gasteiger partial charge in [0, 0.05) is 17.8 Å². The maximum Gasteiger partial charge on any atom is 0.234 e. The number of aryl methyl sites for hydroxylation is 2. The largest absolute Gasteiger partial charge is 0.485 e. The average molecular weight is 459 g/mol. The van der Waals surface area contributed by atoms with E-state index in [0.717, 1.165) is 22.4 Å². The number of hydrogen-bond donors (Lipinski definition) is 1. The van der Waals surface area contributed by atoms with Gasteiger partial charge >= 0.3 is 0 Å². The molecule has 0 fully saturated rings. The van der Waals surface area contributed by atoms with E-state index < -0.39 is 0 Å². The highest BCUT2D eigenvalue weighted by Gasteiger charge is 2.14. The first-order valence-electron chi connectivity index (χ1n) is 10.0. The van der Waals surface area contributed by atoms with Gasteiger partial charge < -0.3 is 14.6 Å². The number of thioether (sulfide) groups is 1. The number of rotatable bonds is 8. The summed E-state index contributed by atoms with van der Waals surface area (Å²) < 4.78 is 7.92. The Bertz CT molecular complexity index is 1080. The highest BCUT2D eigenvalue weighted by molar-refractivity contribution is 7.99. The van der Waals surface area contributed by atoms with Crippen LogP contribution >= 0.6 is 23.4 Å². The summed E-state index contributed by atoms with van der Waals surface area (Å²) in [7, 11) is 1.87. The highest BCUT2D eigenvalue weighted by atomic mass is 35.5. The molecule has 3 aromatic rings. The molecular formula is C23H27ClN4O2S. The van der Waals surface area contributed by atoms with Gasteiger partial charge in [-0.1, -0.05) is 55.4 Å². The van der Waals surface area contributed by atoms with E-state index in [1.807, 2.05) is 37.6 Å². The van der Waals surface area contributed by atoms with Crippen LogP contribution in [-0.4, -0.2) is 26.4 Å². The second kappa shape index (κ2) is 10.2. The zero-order valence-electron chi connectivity index (χ0n) is 18.4. The van der Waals surface area contributed by atoms with Crippen LogP contribution in [0, 0.1) is 13.8 Å². The van der Waals surface area contributed by atoms with Crippen molar-refractivity contribution in [1.29, 1.82) is 0 Å². The van der Waals surface area contributed by atoms with Gasteiger partial charge in [-0.15, -0.1) is 10.2 Å². The lowest BCUT2D eigenvalue weighted by Gasteiger charge is -2.14. The summed E-state index contributed by atoms with van der Waals surface area (Å²) in [5.74, 6) is 2.02. The number of nitrogens with one attached hydrogen (secondary N) is 1. The van der Waals surface area contributed by atoms with Crippen molar-refractivity contribution in [3.8, 4) is 5.75 Å². The van der Waals surface area contributed by atoms with E-state index in [1.165, 1.54) is 11.8 Å². The van der Waals surface area contributed by atoms with Crippen LogP contribution < -0.4 is 10.1 Å². The van der Waals surface area contributed by atoms with Crippen molar-refractivity contribution < 1.29 is 9.53 Å². The number of hydrogen-bond acceptors (Lipinski definition) is 5. The number of anilines is 1. The van der Waals surface area contributed by atoms with Crippen LogP contribution in [0.25, 0.3) is 0 Å². The Balaban J connectivity index is 1.60. The third-order valence-corrected chi connectivity index (χ3v) is 6.13. The summed E-state index contributed by atoms with van der Waals surface area (Å²) in [6.07, 6.45) is 0. The molecule has 31 heavy (non-hydrogen) atoms. The van der Waals surface area contributed by atoms with Gasteiger partial charge in [0.05, 0.1) is 5.75 Å². The maximum atomic E-state index is 12.4. The molecule has 2 aromatic carbocycles. The molecule has 0 bridgehead atoms. The third-order valence-electron chi connectivity index (χ3n) is 4.88. The van der Waals surface area contributed by atoms with E-state index in [0.29, 0.717) is 34.2 Å². The highest BCUT2D eigenvalue weighted by Crippen LogP contribution is 2.28. The molecule has 0 radical (unpaired) electrons. The molecule has 0 aliphatic carbocycles. The van der Waals surface area contributed by atoms with Gasteiger partial charge in [0.1, 0.15) is 12.4 Å². The van der Waals surface area contributed by atoms with Gasteiger partial charge in [0.25, 0.3) is 0 Å². The number of halogens is 1. The van der Waals surface area contributed by atoms with Gasteiger partial charge in [0.2, 0.25) is 5.91 Å². The molecule has 1 amide bonds. The smallest absolute Gasteiger partial charge is 0.234 e. The monoisotopic (exact) mass is 458 g/mol. The molecule has 164 valence electrons. The minimum Gasteiger partial charge on any atom is -0.485 e. The van der Waals surface area contributed by atoms with E-state index in [2.05, 4.69) is 41.5 Å². The molecule has 0 saturated carbocycles. The van der Waals surface area contributed by atoms with Gasteiger partial charge in [0.15, 0.2) is 11.0 Å². The summed E-state index contributed by atoms with van der Waals surface area (Å²) >= 11 is 7.34. The standard InChI is InChI=1S/C23H27ClN4O2S/c1-14(2)18-9-6-15(3)10-20(18)30-12-21-26-27-23(28(21)5)31-13-22(29)25-19-11-17(24)8-7-16(19)4/h6-11,14H,12-13H2,1-5H3,(H,25,29). The number of aromatic nitrogens is 3. The van der Waals surface area contributed by atoms with Crippen molar-refractivity contribution in [3.05, 3.63) is 63.9 Å². The first kappa shape index (κ1) is 23.2. The predicted octanol–water partition coefficient (Wildman–Crippen LogP) is 5.52. The lowest BCUT2D eigenvalue weighted by atomic mass is 10.0. The molecule has 1 aromatic heterocycles. The Morgan fingerprint density at radius 1 is 1.19 bits per heavy atom. The number of benzene rings is 2. The van der Waals surface area contributed by atoms with Crippen molar-refractivity contribution in [2.45, 2.75) is 45.4 Å². The number of carbonyl (C=O) groups is 1. The van der Waals surface area contributed by atoms with Crippen LogP contribution in [0.4, 0.5) is 5.69 Å². The molecule has 0 aliphatic rings. The normalized spacial score (nSPS) is 11.1. The number of nitrogens with zero attached hydrogens (tertiary/aromatic N) is 3. The molecule has 0 atom stereocenters. The van der Waals surface area contributed by atoms with E-state index in [9.17, 15) is 4.79 Å². The maximum absolute atomic E-state index is 12.4. The molecule has 1 N–H and O–H groups in total. The Morgan fingerprint density at radius 3 is 2.71 bits per heavy atom. The second-order valence-electron chi connectivity index (χ2n) is 7.74. The first-order valence-corrected chi connectivity index (χ1v) is 11.4. The van der Waals surface area contributed by atoms with E-state index in [4.69, 9.17) is 16.3 Å². The molecule has 0 spiro atoms. The van der Waals surface area contributed by atoms with Crippen LogP contribution in [0.3, 0.4) is 0 Å². The summed E-state index contributed by atoms with van der Waals surface area (Å²) in [5, 5.41) is 12.6. The molecule has 8 heteroatoms. The summed E-state index contributed by atoms with van der Waals surface area (Å²) in [5.41, 5.74) is 3.98. The minimum absolute atomic E-state index is 0.127. The number of ether oxygens (including phenoxy) is 1. The van der Waals surface area contributed by atoms with Gasteiger partial charge in [-0.25, -0.2) is 0 Å². The molecule has 3 rings (SSSR count). The fraction of sp³-hybridized carbons (Fsp3) is 0.348. The molecule has 1 heterocycles. The number of amides is 1. The lowest BCUT2D eigenvalue weighted by Crippen LogP contribution is -2.15. The quantitative estimate of drug-likeness (QED) is 0.450. The van der Waals surface area contributed by atoms with Crippen LogP contribution in [0.2, 0.25) is 5.02 Å². The fourth-order valence-electron chi connectivity index (χ4n) is 3.03. The predicted molar refractivity (Wildman–Crippen MR) is 126 cm³/mol. The Kier molecular flexibility index (Phi) is 7.62. The molecule has 0 aliphatic heterocycles. The molecule has 0 saturated heterocycles. The Hall–Kier alpha value is -2.51. The molecular weight excluding hydrogens is 432 g/mol. The second-order valence-corrected chi connectivity index (χ2v) is 9.12. The van der Waals surface area contributed by atoms with Gasteiger partial charge in [-0.05, 0) is 54.7 Å². The van der Waals surface area contributed by atoms with Gasteiger partial charge in [-0.2, -0.15) is 0 Å². The van der Waals surface area contributed by atoms with Crippen LogP contribution in [0.5, 0.6) is 5.75 Å². The van der Waals surface area contributed by atoms with Crippen LogP contribution in [0.15, 0.2) is 41.6 Å². The average Bonchev–Trinajstić information content (AvgIpc) is 3.07. The summed E-state index contributed by atoms with van der Waals surface area (Å²) in [6, 6.07) is 11.7. The topological polar surface area (TPSA) is 69.0 Å². The molecule has 0 unspecified atom stereocenters.